The van der Waals surface area contributed by atoms with Crippen LogP contribution in [0.5, 0.6) is 0 Å². The first-order valence-corrected chi connectivity index (χ1v) is 13.0. The number of amides is 2. The fourth-order valence-corrected chi connectivity index (χ4v) is 5.49. The summed E-state index contributed by atoms with van der Waals surface area (Å²) in [4.78, 5) is 28.3. The van der Waals surface area contributed by atoms with Crippen molar-refractivity contribution >= 4 is 33.2 Å². The average molecular weight is 482 g/mol. The molecule has 0 spiro atoms. The van der Waals surface area contributed by atoms with Gasteiger partial charge in [0, 0.05) is 10.9 Å². The van der Waals surface area contributed by atoms with Gasteiger partial charge in [0.1, 0.15) is 11.9 Å². The van der Waals surface area contributed by atoms with Gasteiger partial charge in [-0.05, 0) is 55.0 Å². The molecular formula is C22H28FN3O4S2. The molecule has 1 aromatic carbocycles. The third-order valence-electron chi connectivity index (χ3n) is 5.53. The zero-order chi connectivity index (χ0) is 23.1. The Morgan fingerprint density at radius 1 is 1.19 bits per heavy atom. The van der Waals surface area contributed by atoms with Crippen LogP contribution in [0, 0.1) is 5.82 Å². The van der Waals surface area contributed by atoms with Gasteiger partial charge < -0.3 is 10.2 Å². The quantitative estimate of drug-likeness (QED) is 0.545. The fraction of sp³-hybridized carbons (Fsp3) is 0.455. The van der Waals surface area contributed by atoms with Crippen LogP contribution in [0.2, 0.25) is 0 Å². The summed E-state index contributed by atoms with van der Waals surface area (Å²) in [5, 5.41) is 4.93. The monoisotopic (exact) mass is 481 g/mol. The van der Waals surface area contributed by atoms with Crippen LogP contribution in [0.1, 0.15) is 43.9 Å². The van der Waals surface area contributed by atoms with E-state index >= 15 is 0 Å². The van der Waals surface area contributed by atoms with Gasteiger partial charge in [-0.2, -0.15) is 0 Å². The first-order chi connectivity index (χ1) is 15.3. The molecule has 0 aliphatic heterocycles. The van der Waals surface area contributed by atoms with Crippen molar-refractivity contribution in [1.29, 1.82) is 0 Å². The highest BCUT2D eigenvalue weighted by molar-refractivity contribution is 7.89. The van der Waals surface area contributed by atoms with E-state index < -0.39 is 34.3 Å². The molecule has 1 aromatic heterocycles. The number of hydrogen-bond acceptors (Lipinski definition) is 5. The van der Waals surface area contributed by atoms with Crippen molar-refractivity contribution in [1.82, 2.24) is 14.9 Å². The largest absolute Gasteiger partial charge is 0.352 e. The SMILES string of the molecule is CC[C@H](C(=O)NC1CCCC1)N(Cc1cccs1)C(=O)CNS(=O)(=O)c1ccc(F)cc1. The van der Waals surface area contributed by atoms with Crippen molar-refractivity contribution in [2.45, 2.75) is 62.6 Å². The summed E-state index contributed by atoms with van der Waals surface area (Å²) >= 11 is 1.46. The van der Waals surface area contributed by atoms with Gasteiger partial charge in [-0.3, -0.25) is 9.59 Å². The summed E-state index contributed by atoms with van der Waals surface area (Å²) in [5.41, 5.74) is 0. The van der Waals surface area contributed by atoms with Crippen LogP contribution >= 0.6 is 11.3 Å². The highest BCUT2D eigenvalue weighted by Gasteiger charge is 2.31. The molecule has 0 bridgehead atoms. The van der Waals surface area contributed by atoms with Crippen LogP contribution in [0.4, 0.5) is 4.39 Å². The first kappa shape index (κ1) is 24.3. The Balaban J connectivity index is 1.73. The molecule has 2 N–H and O–H groups in total. The predicted octanol–water partition coefficient (Wildman–Crippen LogP) is 3.03. The zero-order valence-corrected chi connectivity index (χ0v) is 19.6. The molecule has 10 heteroatoms. The molecule has 2 amide bonds. The van der Waals surface area contributed by atoms with Gasteiger partial charge in [0.15, 0.2) is 0 Å². The molecule has 1 saturated carbocycles. The second-order valence-electron chi connectivity index (χ2n) is 7.79. The molecule has 7 nitrogen and oxygen atoms in total. The third-order valence-corrected chi connectivity index (χ3v) is 7.81. The van der Waals surface area contributed by atoms with Crippen LogP contribution in [-0.2, 0) is 26.2 Å². The lowest BCUT2D eigenvalue weighted by Gasteiger charge is -2.31. The number of nitrogens with one attached hydrogen (secondary N) is 2. The van der Waals surface area contributed by atoms with Crippen LogP contribution in [0.15, 0.2) is 46.7 Å². The van der Waals surface area contributed by atoms with Crippen molar-refractivity contribution in [3.63, 3.8) is 0 Å². The van der Waals surface area contributed by atoms with Crippen molar-refractivity contribution in [2.75, 3.05) is 6.54 Å². The van der Waals surface area contributed by atoms with E-state index in [9.17, 15) is 22.4 Å². The maximum Gasteiger partial charge on any atom is 0.243 e. The zero-order valence-electron chi connectivity index (χ0n) is 17.9. The normalized spacial score (nSPS) is 15.4. The second kappa shape index (κ2) is 11.0. The van der Waals surface area contributed by atoms with Gasteiger partial charge in [0.05, 0.1) is 18.0 Å². The lowest BCUT2D eigenvalue weighted by molar-refractivity contribution is -0.140. The van der Waals surface area contributed by atoms with Crippen LogP contribution in [0.25, 0.3) is 0 Å². The molecule has 0 saturated heterocycles. The molecule has 1 atom stereocenters. The summed E-state index contributed by atoms with van der Waals surface area (Å²) in [6.07, 6.45) is 4.41. The molecule has 3 rings (SSSR count). The highest BCUT2D eigenvalue weighted by Crippen LogP contribution is 2.20. The summed E-state index contributed by atoms with van der Waals surface area (Å²) in [5.74, 6) is -1.27. The number of thiophene rings is 1. The van der Waals surface area contributed by atoms with Crippen molar-refractivity contribution in [2.24, 2.45) is 0 Å². The lowest BCUT2D eigenvalue weighted by Crippen LogP contribution is -2.52. The smallest absolute Gasteiger partial charge is 0.243 e. The molecule has 32 heavy (non-hydrogen) atoms. The van der Waals surface area contributed by atoms with E-state index in [1.807, 2.05) is 24.4 Å². The van der Waals surface area contributed by atoms with E-state index in [2.05, 4.69) is 10.0 Å². The summed E-state index contributed by atoms with van der Waals surface area (Å²) in [7, 11) is -4.00. The Bertz CT molecular complexity index is 1000. The van der Waals surface area contributed by atoms with E-state index in [0.29, 0.717) is 6.42 Å². The number of nitrogens with zero attached hydrogens (tertiary/aromatic N) is 1. The predicted molar refractivity (Wildman–Crippen MR) is 121 cm³/mol. The van der Waals surface area contributed by atoms with Gasteiger partial charge in [0.2, 0.25) is 21.8 Å². The van der Waals surface area contributed by atoms with E-state index in [0.717, 1.165) is 54.8 Å². The van der Waals surface area contributed by atoms with Gasteiger partial charge in [-0.1, -0.05) is 25.8 Å². The maximum absolute atomic E-state index is 13.1. The number of carbonyl (C=O) groups excluding carboxylic acids is 2. The van der Waals surface area contributed by atoms with E-state index in [4.69, 9.17) is 0 Å². The van der Waals surface area contributed by atoms with Crippen LogP contribution in [0.3, 0.4) is 0 Å². The molecule has 1 fully saturated rings. The molecule has 1 heterocycles. The summed E-state index contributed by atoms with van der Waals surface area (Å²) in [6.45, 7) is 1.54. The fourth-order valence-electron chi connectivity index (χ4n) is 3.81. The second-order valence-corrected chi connectivity index (χ2v) is 10.6. The lowest BCUT2D eigenvalue weighted by atomic mass is 10.1. The van der Waals surface area contributed by atoms with Gasteiger partial charge >= 0.3 is 0 Å². The number of halogens is 1. The first-order valence-electron chi connectivity index (χ1n) is 10.7. The highest BCUT2D eigenvalue weighted by atomic mass is 32.2. The molecule has 0 radical (unpaired) electrons. The van der Waals surface area contributed by atoms with E-state index in [-0.39, 0.29) is 23.4 Å². The average Bonchev–Trinajstić information content (AvgIpc) is 3.46. The molecule has 0 unspecified atom stereocenters. The van der Waals surface area contributed by atoms with Crippen LogP contribution in [-0.4, -0.2) is 43.8 Å². The number of benzene rings is 1. The molecular weight excluding hydrogens is 453 g/mol. The van der Waals surface area contributed by atoms with Crippen molar-refractivity contribution in [3.05, 3.63) is 52.5 Å². The maximum atomic E-state index is 13.1. The Morgan fingerprint density at radius 3 is 2.47 bits per heavy atom. The Kier molecular flexibility index (Phi) is 8.38. The number of carbonyl (C=O) groups is 2. The van der Waals surface area contributed by atoms with Gasteiger partial charge in [-0.25, -0.2) is 17.5 Å². The number of sulfonamides is 1. The molecule has 1 aliphatic carbocycles. The summed E-state index contributed by atoms with van der Waals surface area (Å²) < 4.78 is 40.4. The third kappa shape index (κ3) is 6.36. The topological polar surface area (TPSA) is 95.6 Å². The Hall–Kier alpha value is -2.30. The summed E-state index contributed by atoms with van der Waals surface area (Å²) in [6, 6.07) is 7.49. The molecule has 1 aliphatic rings. The van der Waals surface area contributed by atoms with E-state index in [1.54, 1.807) is 0 Å². The minimum absolute atomic E-state index is 0.118. The number of hydrogen-bond donors (Lipinski definition) is 2. The Labute approximate surface area is 192 Å². The van der Waals surface area contributed by atoms with Crippen molar-refractivity contribution in [3.8, 4) is 0 Å². The molecule has 2 aromatic rings. The molecule has 174 valence electrons. The Morgan fingerprint density at radius 2 is 1.88 bits per heavy atom. The minimum atomic E-state index is -4.00. The van der Waals surface area contributed by atoms with Gasteiger partial charge in [0.25, 0.3) is 0 Å². The van der Waals surface area contributed by atoms with Crippen molar-refractivity contribution < 1.29 is 22.4 Å². The van der Waals surface area contributed by atoms with Crippen LogP contribution < -0.4 is 10.0 Å². The standard InChI is InChI=1S/C22H28FN3O4S2/c1-2-20(22(28)25-17-6-3-4-7-17)26(15-18-8-5-13-31-18)21(27)14-24-32(29,30)19-11-9-16(23)10-12-19/h5,8-13,17,20,24H,2-4,6-7,14-15H2,1H3,(H,25,28)/t20-/m1/s1. The minimum Gasteiger partial charge on any atom is -0.352 e. The van der Waals surface area contributed by atoms with Gasteiger partial charge in [-0.15, -0.1) is 11.3 Å². The number of rotatable bonds is 10. The van der Waals surface area contributed by atoms with E-state index in [1.165, 1.54) is 16.2 Å².